The lowest BCUT2D eigenvalue weighted by atomic mass is 9.93. The standard InChI is InChI=1S/C23H23N3O4/c27-20-13-24-25(19-9-5-4-8-18(19)20)14-23(28)26(16-6-2-1-3-7-16)17-10-11-21-22(12-17)30-15-29-21/h4-5,8-13,16H,1-3,6-7,14-15H2. The van der Waals surface area contributed by atoms with Crippen LogP contribution in [0.3, 0.4) is 0 Å². The number of aromatic nitrogens is 2. The van der Waals surface area contributed by atoms with Crippen LogP contribution in [0.1, 0.15) is 32.1 Å². The number of rotatable bonds is 4. The number of carbonyl (C=O) groups excluding carboxylic acids is 1. The fourth-order valence-electron chi connectivity index (χ4n) is 4.42. The molecule has 0 bridgehead atoms. The van der Waals surface area contributed by atoms with E-state index in [2.05, 4.69) is 5.10 Å². The molecule has 154 valence electrons. The van der Waals surface area contributed by atoms with Crippen molar-refractivity contribution in [2.45, 2.75) is 44.7 Å². The molecule has 2 heterocycles. The first-order valence-electron chi connectivity index (χ1n) is 10.4. The molecular formula is C23H23N3O4. The molecule has 0 unspecified atom stereocenters. The van der Waals surface area contributed by atoms with Crippen LogP contribution >= 0.6 is 0 Å². The number of amides is 1. The van der Waals surface area contributed by atoms with Gasteiger partial charge in [-0.25, -0.2) is 0 Å². The van der Waals surface area contributed by atoms with E-state index in [9.17, 15) is 9.59 Å². The maximum atomic E-state index is 13.6. The van der Waals surface area contributed by atoms with Crippen LogP contribution in [-0.2, 0) is 11.3 Å². The average Bonchev–Trinajstić information content (AvgIpc) is 3.25. The Kier molecular flexibility index (Phi) is 4.86. The van der Waals surface area contributed by atoms with Crippen LogP contribution in [0.2, 0.25) is 0 Å². The summed E-state index contributed by atoms with van der Waals surface area (Å²) in [7, 11) is 0. The molecule has 0 N–H and O–H groups in total. The summed E-state index contributed by atoms with van der Waals surface area (Å²) in [6.45, 7) is 0.259. The molecule has 3 aromatic rings. The molecule has 1 fully saturated rings. The number of benzene rings is 2. The lowest BCUT2D eigenvalue weighted by Gasteiger charge is -2.34. The van der Waals surface area contributed by atoms with Gasteiger partial charge in [0.1, 0.15) is 6.54 Å². The monoisotopic (exact) mass is 405 g/mol. The minimum absolute atomic E-state index is 0.0536. The van der Waals surface area contributed by atoms with Crippen LogP contribution in [-0.4, -0.2) is 28.5 Å². The quantitative estimate of drug-likeness (QED) is 0.664. The molecule has 0 radical (unpaired) electrons. The molecule has 0 spiro atoms. The van der Waals surface area contributed by atoms with Crippen molar-refractivity contribution in [1.29, 1.82) is 0 Å². The first-order valence-corrected chi connectivity index (χ1v) is 10.4. The number of ether oxygens (including phenoxy) is 2. The number of carbonyl (C=O) groups is 1. The van der Waals surface area contributed by atoms with Gasteiger partial charge in [0.25, 0.3) is 0 Å². The summed E-state index contributed by atoms with van der Waals surface area (Å²) in [6, 6.07) is 13.0. The Morgan fingerprint density at radius 3 is 2.73 bits per heavy atom. The zero-order chi connectivity index (χ0) is 20.5. The number of nitrogens with zero attached hydrogens (tertiary/aromatic N) is 3. The van der Waals surface area contributed by atoms with Crippen molar-refractivity contribution in [2.75, 3.05) is 11.7 Å². The molecule has 5 rings (SSSR count). The molecule has 1 aliphatic carbocycles. The normalized spacial score (nSPS) is 16.0. The first-order chi connectivity index (χ1) is 14.7. The predicted octanol–water partition coefficient (Wildman–Crippen LogP) is 3.49. The molecule has 7 heteroatoms. The van der Waals surface area contributed by atoms with E-state index < -0.39 is 0 Å². The number of fused-ring (bicyclic) bond motifs is 2. The topological polar surface area (TPSA) is 73.7 Å². The summed E-state index contributed by atoms with van der Waals surface area (Å²) in [5.74, 6) is 1.30. The van der Waals surface area contributed by atoms with Crippen LogP contribution in [0.25, 0.3) is 10.9 Å². The minimum atomic E-state index is -0.144. The lowest BCUT2D eigenvalue weighted by molar-refractivity contribution is -0.119. The van der Waals surface area contributed by atoms with E-state index in [1.807, 2.05) is 41.3 Å². The number of hydrogen-bond acceptors (Lipinski definition) is 5. The van der Waals surface area contributed by atoms with Gasteiger partial charge in [-0.1, -0.05) is 31.4 Å². The Hall–Kier alpha value is -3.35. The zero-order valence-corrected chi connectivity index (χ0v) is 16.6. The third-order valence-corrected chi connectivity index (χ3v) is 5.89. The van der Waals surface area contributed by atoms with Crippen LogP contribution < -0.4 is 19.8 Å². The van der Waals surface area contributed by atoms with E-state index in [-0.39, 0.29) is 30.7 Å². The van der Waals surface area contributed by atoms with E-state index in [4.69, 9.17) is 9.47 Å². The molecule has 7 nitrogen and oxygen atoms in total. The molecule has 2 aliphatic rings. The van der Waals surface area contributed by atoms with Gasteiger partial charge in [0.05, 0.1) is 11.7 Å². The van der Waals surface area contributed by atoms with E-state index in [1.54, 1.807) is 10.7 Å². The SMILES string of the molecule is O=C(Cn1ncc(=O)c2ccccc21)N(c1ccc2c(c1)OCO2)C1CCCCC1. The Balaban J connectivity index is 1.51. The second-order valence-corrected chi connectivity index (χ2v) is 7.78. The van der Waals surface area contributed by atoms with Crippen molar-refractivity contribution in [3.05, 3.63) is 58.9 Å². The number of para-hydroxylation sites is 1. The van der Waals surface area contributed by atoms with Gasteiger partial charge >= 0.3 is 0 Å². The summed E-state index contributed by atoms with van der Waals surface area (Å²) >= 11 is 0. The molecule has 2 aromatic carbocycles. The van der Waals surface area contributed by atoms with Crippen molar-refractivity contribution in [3.8, 4) is 11.5 Å². The van der Waals surface area contributed by atoms with Gasteiger partial charge in [-0.15, -0.1) is 0 Å². The molecule has 1 amide bonds. The van der Waals surface area contributed by atoms with Gasteiger partial charge in [0.2, 0.25) is 18.1 Å². The van der Waals surface area contributed by atoms with Gasteiger partial charge in [-0.05, 0) is 37.1 Å². The minimum Gasteiger partial charge on any atom is -0.454 e. The zero-order valence-electron chi connectivity index (χ0n) is 16.6. The van der Waals surface area contributed by atoms with E-state index in [0.717, 1.165) is 31.4 Å². The van der Waals surface area contributed by atoms with Gasteiger partial charge in [-0.3, -0.25) is 14.3 Å². The molecule has 1 aliphatic heterocycles. The van der Waals surface area contributed by atoms with Crippen LogP contribution in [0.4, 0.5) is 5.69 Å². The molecular weight excluding hydrogens is 382 g/mol. The number of hydrogen-bond donors (Lipinski definition) is 0. The molecule has 1 saturated carbocycles. The van der Waals surface area contributed by atoms with Crippen molar-refractivity contribution in [3.63, 3.8) is 0 Å². The Morgan fingerprint density at radius 2 is 1.87 bits per heavy atom. The summed E-state index contributed by atoms with van der Waals surface area (Å²) in [5, 5.41) is 4.80. The predicted molar refractivity (Wildman–Crippen MR) is 113 cm³/mol. The fraction of sp³-hybridized carbons (Fsp3) is 0.348. The van der Waals surface area contributed by atoms with Crippen molar-refractivity contribution >= 4 is 22.5 Å². The third kappa shape index (κ3) is 3.40. The molecule has 0 atom stereocenters. The highest BCUT2D eigenvalue weighted by Crippen LogP contribution is 2.37. The van der Waals surface area contributed by atoms with Crippen molar-refractivity contribution in [2.24, 2.45) is 0 Å². The Morgan fingerprint density at radius 1 is 1.07 bits per heavy atom. The second-order valence-electron chi connectivity index (χ2n) is 7.78. The Bertz CT molecular complexity index is 1150. The van der Waals surface area contributed by atoms with Crippen LogP contribution in [0, 0.1) is 0 Å². The highest BCUT2D eigenvalue weighted by molar-refractivity contribution is 5.95. The second kappa shape index (κ2) is 7.82. The van der Waals surface area contributed by atoms with Crippen molar-refractivity contribution < 1.29 is 14.3 Å². The maximum Gasteiger partial charge on any atom is 0.248 e. The van der Waals surface area contributed by atoms with Gasteiger partial charge in [-0.2, -0.15) is 5.10 Å². The summed E-state index contributed by atoms with van der Waals surface area (Å²) in [6.07, 6.45) is 6.64. The van der Waals surface area contributed by atoms with E-state index in [0.29, 0.717) is 22.4 Å². The summed E-state index contributed by atoms with van der Waals surface area (Å²) in [4.78, 5) is 27.6. The molecule has 0 saturated heterocycles. The average molecular weight is 405 g/mol. The third-order valence-electron chi connectivity index (χ3n) is 5.89. The lowest BCUT2D eigenvalue weighted by Crippen LogP contribution is -2.43. The largest absolute Gasteiger partial charge is 0.454 e. The van der Waals surface area contributed by atoms with Gasteiger partial charge in [0, 0.05) is 23.2 Å². The van der Waals surface area contributed by atoms with Crippen molar-refractivity contribution in [1.82, 2.24) is 9.78 Å². The van der Waals surface area contributed by atoms with E-state index >= 15 is 0 Å². The first kappa shape index (κ1) is 18.7. The van der Waals surface area contributed by atoms with Crippen LogP contribution in [0.15, 0.2) is 53.5 Å². The highest BCUT2D eigenvalue weighted by Gasteiger charge is 2.29. The summed E-state index contributed by atoms with van der Waals surface area (Å²) in [5.41, 5.74) is 1.32. The van der Waals surface area contributed by atoms with Gasteiger partial charge < -0.3 is 14.4 Å². The summed E-state index contributed by atoms with van der Waals surface area (Å²) < 4.78 is 12.6. The Labute approximate surface area is 173 Å². The van der Waals surface area contributed by atoms with E-state index in [1.165, 1.54) is 12.6 Å². The highest BCUT2D eigenvalue weighted by atomic mass is 16.7. The smallest absolute Gasteiger partial charge is 0.248 e. The molecule has 30 heavy (non-hydrogen) atoms. The van der Waals surface area contributed by atoms with Crippen LogP contribution in [0.5, 0.6) is 11.5 Å². The van der Waals surface area contributed by atoms with Gasteiger partial charge in [0.15, 0.2) is 11.5 Å². The molecule has 1 aromatic heterocycles. The number of anilines is 1. The maximum absolute atomic E-state index is 13.6. The fourth-order valence-corrected chi connectivity index (χ4v) is 4.42.